The van der Waals surface area contributed by atoms with Gasteiger partial charge in [-0.1, -0.05) is 0 Å². The van der Waals surface area contributed by atoms with Crippen LogP contribution in [0.1, 0.15) is 36.8 Å². The Labute approximate surface area is 107 Å². The first-order valence-electron chi connectivity index (χ1n) is 5.92. The van der Waals surface area contributed by atoms with Crippen molar-refractivity contribution in [2.45, 2.75) is 38.5 Å². The van der Waals surface area contributed by atoms with Crippen molar-refractivity contribution in [2.75, 3.05) is 11.9 Å². The van der Waals surface area contributed by atoms with E-state index >= 15 is 0 Å². The Morgan fingerprint density at radius 2 is 2.32 bits per heavy atom. The fourth-order valence-electron chi connectivity index (χ4n) is 2.06. The highest BCUT2D eigenvalue weighted by molar-refractivity contribution is 5.88. The summed E-state index contributed by atoms with van der Waals surface area (Å²) in [6.07, 6.45) is -4.52. The number of hydrogen-bond donors (Lipinski definition) is 1. The second-order valence-electron chi connectivity index (χ2n) is 4.42. The number of aromatic nitrogens is 2. The van der Waals surface area contributed by atoms with E-state index in [1.165, 1.54) is 6.07 Å². The molecule has 1 aromatic rings. The molecule has 1 aliphatic rings. The zero-order valence-corrected chi connectivity index (χ0v) is 10.5. The standard InChI is InChI=1S/C11H14F3N3O2/c1-3-19-10(18)7-5-9-15-6(2)4-8(11(12,13)14)17(9)16-7/h5-6,8,15H,3-4H2,1-2H3/t6-,8-/m0/s1. The zero-order chi connectivity index (χ0) is 14.2. The lowest BCUT2D eigenvalue weighted by atomic mass is 10.1. The van der Waals surface area contributed by atoms with Gasteiger partial charge in [0.1, 0.15) is 5.82 Å². The molecule has 2 heterocycles. The summed E-state index contributed by atoms with van der Waals surface area (Å²) in [6.45, 7) is 3.42. The summed E-state index contributed by atoms with van der Waals surface area (Å²) in [4.78, 5) is 11.5. The Kier molecular flexibility index (Phi) is 3.42. The van der Waals surface area contributed by atoms with Gasteiger partial charge in [-0.15, -0.1) is 0 Å². The number of nitrogens with zero attached hydrogens (tertiary/aromatic N) is 2. The van der Waals surface area contributed by atoms with E-state index in [9.17, 15) is 18.0 Å². The van der Waals surface area contributed by atoms with Crippen LogP contribution in [0.15, 0.2) is 6.07 Å². The summed E-state index contributed by atoms with van der Waals surface area (Å²) >= 11 is 0. The molecule has 2 atom stereocenters. The van der Waals surface area contributed by atoms with Gasteiger partial charge in [0.2, 0.25) is 0 Å². The van der Waals surface area contributed by atoms with E-state index in [0.29, 0.717) is 0 Å². The van der Waals surface area contributed by atoms with Crippen molar-refractivity contribution in [3.8, 4) is 0 Å². The minimum absolute atomic E-state index is 0.118. The van der Waals surface area contributed by atoms with Crippen LogP contribution in [-0.2, 0) is 4.74 Å². The topological polar surface area (TPSA) is 56.2 Å². The van der Waals surface area contributed by atoms with Gasteiger partial charge in [0.15, 0.2) is 11.7 Å². The van der Waals surface area contributed by atoms with Crippen LogP contribution >= 0.6 is 0 Å². The van der Waals surface area contributed by atoms with Crippen LogP contribution in [-0.4, -0.2) is 34.6 Å². The van der Waals surface area contributed by atoms with Crippen molar-refractivity contribution in [3.05, 3.63) is 11.8 Å². The van der Waals surface area contributed by atoms with Crippen molar-refractivity contribution in [1.29, 1.82) is 0 Å². The molecule has 0 radical (unpaired) electrons. The molecule has 0 amide bonds. The molecular formula is C11H14F3N3O2. The van der Waals surface area contributed by atoms with Crippen LogP contribution in [0.2, 0.25) is 0 Å². The lowest BCUT2D eigenvalue weighted by Crippen LogP contribution is -2.37. The highest BCUT2D eigenvalue weighted by Crippen LogP contribution is 2.39. The normalized spacial score (nSPS) is 22.6. The van der Waals surface area contributed by atoms with Crippen molar-refractivity contribution < 1.29 is 22.7 Å². The van der Waals surface area contributed by atoms with Crippen LogP contribution in [0.4, 0.5) is 19.0 Å². The molecule has 0 saturated heterocycles. The van der Waals surface area contributed by atoms with E-state index in [2.05, 4.69) is 10.4 Å². The van der Waals surface area contributed by atoms with Gasteiger partial charge < -0.3 is 10.1 Å². The lowest BCUT2D eigenvalue weighted by molar-refractivity contribution is -0.173. The molecule has 0 bridgehead atoms. The van der Waals surface area contributed by atoms with Crippen molar-refractivity contribution >= 4 is 11.8 Å². The third-order valence-corrected chi connectivity index (χ3v) is 2.86. The van der Waals surface area contributed by atoms with Gasteiger partial charge in [0.05, 0.1) is 6.61 Å². The zero-order valence-electron chi connectivity index (χ0n) is 10.5. The van der Waals surface area contributed by atoms with E-state index in [0.717, 1.165) is 4.68 Å². The Balaban J connectivity index is 2.36. The quantitative estimate of drug-likeness (QED) is 0.843. The van der Waals surface area contributed by atoms with E-state index in [1.807, 2.05) is 0 Å². The fraction of sp³-hybridized carbons (Fsp3) is 0.636. The average Bonchev–Trinajstić information content (AvgIpc) is 2.70. The highest BCUT2D eigenvalue weighted by atomic mass is 19.4. The predicted molar refractivity (Wildman–Crippen MR) is 61.0 cm³/mol. The number of carbonyl (C=O) groups is 1. The Morgan fingerprint density at radius 3 is 2.89 bits per heavy atom. The smallest absolute Gasteiger partial charge is 0.410 e. The number of nitrogens with one attached hydrogen (secondary N) is 1. The van der Waals surface area contributed by atoms with Crippen LogP contribution < -0.4 is 5.32 Å². The molecular weight excluding hydrogens is 263 g/mol. The summed E-state index contributed by atoms with van der Waals surface area (Å²) in [7, 11) is 0. The van der Waals surface area contributed by atoms with Crippen molar-refractivity contribution in [2.24, 2.45) is 0 Å². The van der Waals surface area contributed by atoms with Crippen LogP contribution in [0.3, 0.4) is 0 Å². The number of rotatable bonds is 2. The molecule has 1 N–H and O–H groups in total. The number of fused-ring (bicyclic) bond motifs is 1. The molecule has 0 unspecified atom stereocenters. The molecule has 19 heavy (non-hydrogen) atoms. The van der Waals surface area contributed by atoms with E-state index in [-0.39, 0.29) is 30.6 Å². The Bertz CT molecular complexity index is 484. The maximum atomic E-state index is 12.9. The Hall–Kier alpha value is -1.73. The minimum Gasteiger partial charge on any atom is -0.461 e. The SMILES string of the molecule is CCOC(=O)c1cc2n(n1)[C@H](C(F)(F)F)C[C@H](C)N2. The molecule has 1 aromatic heterocycles. The third-order valence-electron chi connectivity index (χ3n) is 2.86. The molecule has 2 rings (SSSR count). The largest absolute Gasteiger partial charge is 0.461 e. The number of esters is 1. The van der Waals surface area contributed by atoms with E-state index in [1.54, 1.807) is 13.8 Å². The van der Waals surface area contributed by atoms with Crippen LogP contribution in [0, 0.1) is 0 Å². The number of alkyl halides is 3. The first-order chi connectivity index (χ1) is 8.82. The summed E-state index contributed by atoms with van der Waals surface area (Å²) in [5, 5.41) is 6.58. The maximum absolute atomic E-state index is 12.9. The molecule has 106 valence electrons. The maximum Gasteiger partial charge on any atom is 0.410 e. The van der Waals surface area contributed by atoms with Crippen LogP contribution in [0.5, 0.6) is 0 Å². The molecule has 0 aliphatic carbocycles. The highest BCUT2D eigenvalue weighted by Gasteiger charge is 2.45. The number of hydrogen-bond acceptors (Lipinski definition) is 4. The predicted octanol–water partition coefficient (Wildman–Crippen LogP) is 2.37. The van der Waals surface area contributed by atoms with Crippen molar-refractivity contribution in [1.82, 2.24) is 9.78 Å². The molecule has 8 heteroatoms. The van der Waals surface area contributed by atoms with Crippen LogP contribution in [0.25, 0.3) is 0 Å². The van der Waals surface area contributed by atoms with Gasteiger partial charge in [0, 0.05) is 12.1 Å². The second kappa shape index (κ2) is 4.75. The van der Waals surface area contributed by atoms with Gasteiger partial charge in [-0.05, 0) is 20.3 Å². The molecule has 0 aromatic carbocycles. The molecule has 0 fully saturated rings. The number of ether oxygens (including phenoxy) is 1. The van der Waals surface area contributed by atoms with Gasteiger partial charge in [-0.25, -0.2) is 9.48 Å². The lowest BCUT2D eigenvalue weighted by Gasteiger charge is -2.31. The molecule has 0 saturated carbocycles. The number of carbonyl (C=O) groups excluding carboxylic acids is 1. The van der Waals surface area contributed by atoms with Crippen molar-refractivity contribution in [3.63, 3.8) is 0 Å². The average molecular weight is 277 g/mol. The van der Waals surface area contributed by atoms with Gasteiger partial charge in [0.25, 0.3) is 0 Å². The van der Waals surface area contributed by atoms with E-state index < -0.39 is 18.2 Å². The van der Waals surface area contributed by atoms with Gasteiger partial charge >= 0.3 is 12.1 Å². The Morgan fingerprint density at radius 1 is 1.63 bits per heavy atom. The van der Waals surface area contributed by atoms with Gasteiger partial charge in [-0.3, -0.25) is 0 Å². The summed E-state index contributed by atoms with van der Waals surface area (Å²) < 4.78 is 44.4. The third kappa shape index (κ3) is 2.66. The first kappa shape index (κ1) is 13.7. The summed E-state index contributed by atoms with van der Waals surface area (Å²) in [5.41, 5.74) is -0.118. The first-order valence-corrected chi connectivity index (χ1v) is 5.92. The summed E-state index contributed by atoms with van der Waals surface area (Å²) in [5.74, 6) is -0.538. The molecule has 0 spiro atoms. The number of halogens is 3. The number of anilines is 1. The monoisotopic (exact) mass is 277 g/mol. The minimum atomic E-state index is -4.40. The fourth-order valence-corrected chi connectivity index (χ4v) is 2.06. The van der Waals surface area contributed by atoms with E-state index in [4.69, 9.17) is 4.74 Å². The molecule has 1 aliphatic heterocycles. The van der Waals surface area contributed by atoms with Gasteiger partial charge in [-0.2, -0.15) is 18.3 Å². The summed E-state index contributed by atoms with van der Waals surface area (Å²) in [6, 6.07) is -0.778. The second-order valence-corrected chi connectivity index (χ2v) is 4.42. The molecule has 5 nitrogen and oxygen atoms in total.